The van der Waals surface area contributed by atoms with Crippen LogP contribution in [0.1, 0.15) is 46.4 Å². The predicted molar refractivity (Wildman–Crippen MR) is 98.3 cm³/mol. The first-order valence-electron chi connectivity index (χ1n) is 8.91. The lowest BCUT2D eigenvalue weighted by atomic mass is 10.0. The van der Waals surface area contributed by atoms with Crippen molar-refractivity contribution in [2.45, 2.75) is 38.7 Å². The van der Waals surface area contributed by atoms with E-state index in [9.17, 15) is 4.79 Å². The van der Waals surface area contributed by atoms with Gasteiger partial charge in [0, 0.05) is 22.2 Å². The molecule has 0 atom stereocenters. The van der Waals surface area contributed by atoms with Gasteiger partial charge in [-0.2, -0.15) is 0 Å². The summed E-state index contributed by atoms with van der Waals surface area (Å²) in [6.07, 6.45) is 5.92. The molecule has 0 saturated carbocycles. The molecular formula is C21H22N2O2. The fraction of sp³-hybridized carbons (Fsp3) is 0.286. The summed E-state index contributed by atoms with van der Waals surface area (Å²) in [6, 6.07) is 15.6. The van der Waals surface area contributed by atoms with Crippen LogP contribution in [0.3, 0.4) is 0 Å². The first-order valence-corrected chi connectivity index (χ1v) is 8.91. The maximum atomic E-state index is 12.4. The third-order valence-corrected chi connectivity index (χ3v) is 4.86. The highest BCUT2D eigenvalue weighted by Crippen LogP contribution is 2.29. The monoisotopic (exact) mass is 334 g/mol. The smallest absolute Gasteiger partial charge is 0.274 e. The molecule has 0 saturated heterocycles. The number of carbonyl (C=O) groups excluding carboxylic acids is 1. The number of nitrogens with one attached hydrogen (secondary N) is 2. The second-order valence-electron chi connectivity index (χ2n) is 6.61. The van der Waals surface area contributed by atoms with Gasteiger partial charge in [0.15, 0.2) is 0 Å². The molecule has 4 nitrogen and oxygen atoms in total. The summed E-state index contributed by atoms with van der Waals surface area (Å²) in [7, 11) is 0. The van der Waals surface area contributed by atoms with Gasteiger partial charge in [0.05, 0.1) is 6.61 Å². The molecule has 2 aromatic carbocycles. The molecule has 0 fully saturated rings. The van der Waals surface area contributed by atoms with Crippen molar-refractivity contribution >= 4 is 16.8 Å². The molecule has 1 aromatic heterocycles. The Morgan fingerprint density at radius 2 is 1.88 bits per heavy atom. The normalized spacial score (nSPS) is 14.1. The van der Waals surface area contributed by atoms with E-state index >= 15 is 0 Å². The van der Waals surface area contributed by atoms with Crippen molar-refractivity contribution in [2.75, 3.05) is 0 Å². The summed E-state index contributed by atoms with van der Waals surface area (Å²) in [5, 5.41) is 1.17. The number of carbonyl (C=O) groups is 1. The van der Waals surface area contributed by atoms with Crippen LogP contribution in [0.5, 0.6) is 0 Å². The molecule has 25 heavy (non-hydrogen) atoms. The summed E-state index contributed by atoms with van der Waals surface area (Å²) in [4.78, 5) is 21.3. The third kappa shape index (κ3) is 3.44. The number of rotatable bonds is 4. The van der Waals surface area contributed by atoms with E-state index < -0.39 is 0 Å². The topological polar surface area (TPSA) is 54.1 Å². The van der Waals surface area contributed by atoms with Crippen molar-refractivity contribution < 1.29 is 9.63 Å². The van der Waals surface area contributed by atoms with Crippen molar-refractivity contribution in [3.05, 3.63) is 70.9 Å². The maximum absolute atomic E-state index is 12.4. The summed E-state index contributed by atoms with van der Waals surface area (Å²) < 4.78 is 0. The van der Waals surface area contributed by atoms with Gasteiger partial charge in [-0.25, -0.2) is 5.48 Å². The first kappa shape index (κ1) is 15.9. The molecule has 0 unspecified atom stereocenters. The Morgan fingerprint density at radius 1 is 1.04 bits per heavy atom. The van der Waals surface area contributed by atoms with E-state index in [0.717, 1.165) is 23.9 Å². The Balaban J connectivity index is 1.49. The average Bonchev–Trinajstić information content (AvgIpc) is 2.82. The second-order valence-corrected chi connectivity index (χ2v) is 6.61. The van der Waals surface area contributed by atoms with Gasteiger partial charge in [0.2, 0.25) is 0 Å². The van der Waals surface area contributed by atoms with Gasteiger partial charge < -0.3 is 4.98 Å². The zero-order chi connectivity index (χ0) is 17.1. The number of aryl methyl sites for hydroxylation is 2. The van der Waals surface area contributed by atoms with Gasteiger partial charge in [-0.15, -0.1) is 0 Å². The van der Waals surface area contributed by atoms with Crippen LogP contribution in [0, 0.1) is 0 Å². The minimum Gasteiger partial charge on any atom is -0.358 e. The van der Waals surface area contributed by atoms with Crippen molar-refractivity contribution in [2.24, 2.45) is 0 Å². The van der Waals surface area contributed by atoms with Gasteiger partial charge in [0.25, 0.3) is 5.91 Å². The Morgan fingerprint density at radius 3 is 2.76 bits per heavy atom. The second kappa shape index (κ2) is 7.11. The van der Waals surface area contributed by atoms with Crippen LogP contribution >= 0.6 is 0 Å². The molecule has 1 amide bonds. The molecule has 128 valence electrons. The summed E-state index contributed by atoms with van der Waals surface area (Å²) in [6.45, 7) is 0.356. The van der Waals surface area contributed by atoms with Gasteiger partial charge >= 0.3 is 0 Å². The highest BCUT2D eigenvalue weighted by molar-refractivity contribution is 5.98. The predicted octanol–water partition coefficient (Wildman–Crippen LogP) is 4.30. The summed E-state index contributed by atoms with van der Waals surface area (Å²) in [5.41, 5.74) is 8.04. The van der Waals surface area contributed by atoms with Crippen LogP contribution in [0.2, 0.25) is 0 Å². The van der Waals surface area contributed by atoms with Crippen molar-refractivity contribution in [3.63, 3.8) is 0 Å². The van der Waals surface area contributed by atoms with Crippen LogP contribution in [-0.4, -0.2) is 10.9 Å². The van der Waals surface area contributed by atoms with Crippen LogP contribution in [0.25, 0.3) is 10.9 Å². The Bertz CT molecular complexity index is 884. The first-order chi connectivity index (χ1) is 12.3. The van der Waals surface area contributed by atoms with Gasteiger partial charge in [-0.05, 0) is 55.0 Å². The maximum Gasteiger partial charge on any atom is 0.274 e. The number of aromatic amines is 1. The van der Waals surface area contributed by atoms with Crippen molar-refractivity contribution in [1.29, 1.82) is 0 Å². The van der Waals surface area contributed by atoms with Crippen LogP contribution in [0.4, 0.5) is 0 Å². The van der Waals surface area contributed by atoms with E-state index in [-0.39, 0.29) is 5.91 Å². The molecule has 0 bridgehead atoms. The summed E-state index contributed by atoms with van der Waals surface area (Å²) >= 11 is 0. The molecule has 4 rings (SSSR count). The van der Waals surface area contributed by atoms with E-state index in [1.54, 1.807) is 0 Å². The molecule has 0 aliphatic heterocycles. The van der Waals surface area contributed by atoms with E-state index in [0.29, 0.717) is 12.2 Å². The standard InChI is InChI=1S/C21H22N2O2/c24-21(23-25-14-15-7-3-1-4-8-15)16-11-12-20-18(13-16)17-9-5-2-6-10-19(17)22-20/h1,3-4,7-8,11-13,22H,2,5-6,9-10,14H2,(H,23,24). The van der Waals surface area contributed by atoms with Gasteiger partial charge in [0.1, 0.15) is 0 Å². The number of benzene rings is 2. The fourth-order valence-corrected chi connectivity index (χ4v) is 3.54. The number of H-pyrrole nitrogens is 1. The average molecular weight is 334 g/mol. The van der Waals surface area contributed by atoms with Crippen molar-refractivity contribution in [3.8, 4) is 0 Å². The Hall–Kier alpha value is -2.59. The molecular weight excluding hydrogens is 312 g/mol. The quantitative estimate of drug-likeness (QED) is 0.552. The highest BCUT2D eigenvalue weighted by atomic mass is 16.6. The van der Waals surface area contributed by atoms with Crippen LogP contribution < -0.4 is 5.48 Å². The van der Waals surface area contributed by atoms with Gasteiger partial charge in [-0.1, -0.05) is 36.8 Å². The Kier molecular flexibility index (Phi) is 4.53. The molecule has 1 aliphatic carbocycles. The van der Waals surface area contributed by atoms with E-state index in [1.165, 1.54) is 35.9 Å². The molecule has 0 radical (unpaired) electrons. The number of aromatic nitrogens is 1. The third-order valence-electron chi connectivity index (χ3n) is 4.86. The number of amides is 1. The molecule has 2 N–H and O–H groups in total. The Labute approximate surface area is 147 Å². The van der Waals surface area contributed by atoms with Crippen LogP contribution in [0.15, 0.2) is 48.5 Å². The molecule has 0 spiro atoms. The minimum atomic E-state index is -0.207. The SMILES string of the molecule is O=C(NOCc1ccccc1)c1ccc2[nH]c3c(c2c1)CCCCC3. The molecule has 1 aliphatic rings. The highest BCUT2D eigenvalue weighted by Gasteiger charge is 2.16. The minimum absolute atomic E-state index is 0.207. The molecule has 1 heterocycles. The number of hydrogen-bond acceptors (Lipinski definition) is 2. The van der Waals surface area contributed by atoms with Gasteiger partial charge in [-0.3, -0.25) is 9.63 Å². The summed E-state index contributed by atoms with van der Waals surface area (Å²) in [5.74, 6) is -0.207. The lowest BCUT2D eigenvalue weighted by molar-refractivity contribution is 0.0233. The number of hydrogen-bond donors (Lipinski definition) is 2. The lowest BCUT2D eigenvalue weighted by Crippen LogP contribution is -2.23. The fourth-order valence-electron chi connectivity index (χ4n) is 3.54. The lowest BCUT2D eigenvalue weighted by Gasteiger charge is -2.07. The zero-order valence-electron chi connectivity index (χ0n) is 14.2. The van der Waals surface area contributed by atoms with E-state index in [2.05, 4.69) is 10.5 Å². The molecule has 3 aromatic rings. The van der Waals surface area contributed by atoms with E-state index in [4.69, 9.17) is 4.84 Å². The number of fused-ring (bicyclic) bond motifs is 3. The van der Waals surface area contributed by atoms with Crippen molar-refractivity contribution in [1.82, 2.24) is 10.5 Å². The largest absolute Gasteiger partial charge is 0.358 e. The number of hydroxylamine groups is 1. The van der Waals surface area contributed by atoms with Crippen LogP contribution in [-0.2, 0) is 24.3 Å². The zero-order valence-corrected chi connectivity index (χ0v) is 14.2. The van der Waals surface area contributed by atoms with E-state index in [1.807, 2.05) is 48.5 Å². The molecule has 4 heteroatoms.